The van der Waals surface area contributed by atoms with Crippen LogP contribution in [0.4, 0.5) is 5.69 Å². The molecule has 1 heterocycles. The van der Waals surface area contributed by atoms with Gasteiger partial charge in [0.15, 0.2) is 9.84 Å². The Bertz CT molecular complexity index is 685. The van der Waals surface area contributed by atoms with Gasteiger partial charge in [0.05, 0.1) is 4.90 Å². The second-order valence-electron chi connectivity index (χ2n) is 7.57. The first kappa shape index (κ1) is 24.3. The molecule has 1 saturated heterocycles. The van der Waals surface area contributed by atoms with Crippen LogP contribution in [0.3, 0.4) is 0 Å². The van der Waals surface area contributed by atoms with E-state index in [1.54, 1.807) is 12.1 Å². The van der Waals surface area contributed by atoms with Crippen molar-refractivity contribution in [2.75, 3.05) is 44.1 Å². The number of benzene rings is 1. The average molecular weight is 444 g/mol. The summed E-state index contributed by atoms with van der Waals surface area (Å²) in [6, 6.07) is 8.13. The summed E-state index contributed by atoms with van der Waals surface area (Å²) in [5.74, 6) is 0.707. The number of piperidine rings is 1. The molecule has 0 N–H and O–H groups in total. The van der Waals surface area contributed by atoms with Crippen LogP contribution in [-0.2, 0) is 23.1 Å². The lowest BCUT2D eigenvalue weighted by Gasteiger charge is -2.34. The lowest BCUT2D eigenvalue weighted by atomic mass is 9.92. The molecule has 0 bridgehead atoms. The highest BCUT2D eigenvalue weighted by Gasteiger charge is 2.39. The van der Waals surface area contributed by atoms with Gasteiger partial charge in [-0.25, -0.2) is 8.42 Å². The molecule has 8 heteroatoms. The highest BCUT2D eigenvalue weighted by atomic mass is 32.2. The SMILES string of the molecule is CCO[Si](CCCC1CCN(c2ccc(S(C)(=O)=O)cc2)CC1)(OCC)OCC. The van der Waals surface area contributed by atoms with Gasteiger partial charge in [-0.15, -0.1) is 0 Å². The fraction of sp³-hybridized carbons (Fsp3) is 0.714. The topological polar surface area (TPSA) is 65.1 Å². The predicted octanol–water partition coefficient (Wildman–Crippen LogP) is 4.14. The summed E-state index contributed by atoms with van der Waals surface area (Å²) < 4.78 is 41.1. The van der Waals surface area contributed by atoms with Crippen LogP contribution in [0.25, 0.3) is 0 Å². The molecule has 0 atom stereocenters. The van der Waals surface area contributed by atoms with E-state index in [4.69, 9.17) is 13.3 Å². The molecular formula is C21H37NO5SSi. The first-order valence-corrected chi connectivity index (χ1v) is 14.6. The maximum absolute atomic E-state index is 11.6. The van der Waals surface area contributed by atoms with Gasteiger partial charge < -0.3 is 18.2 Å². The van der Waals surface area contributed by atoms with Gasteiger partial charge in [0.1, 0.15) is 0 Å². The number of hydrogen-bond acceptors (Lipinski definition) is 6. The van der Waals surface area contributed by atoms with E-state index in [1.807, 2.05) is 32.9 Å². The van der Waals surface area contributed by atoms with Gasteiger partial charge in [0.25, 0.3) is 0 Å². The van der Waals surface area contributed by atoms with E-state index in [9.17, 15) is 8.42 Å². The summed E-state index contributed by atoms with van der Waals surface area (Å²) in [4.78, 5) is 2.73. The van der Waals surface area contributed by atoms with Gasteiger partial charge in [-0.1, -0.05) is 6.42 Å². The largest absolute Gasteiger partial charge is 0.500 e. The standard InChI is InChI=1S/C21H37NO5SSi/c1-5-25-29(26-6-2,27-7-3)18-8-9-19-14-16-22(17-15-19)20-10-12-21(13-11-20)28(4,23)24/h10-13,19H,5-9,14-18H2,1-4H3. The molecule has 0 saturated carbocycles. The highest BCUT2D eigenvalue weighted by molar-refractivity contribution is 7.90. The molecule has 0 aliphatic carbocycles. The summed E-state index contributed by atoms with van der Waals surface area (Å²) in [5, 5.41) is 0. The van der Waals surface area contributed by atoms with Crippen LogP contribution in [0.2, 0.25) is 6.04 Å². The summed E-state index contributed by atoms with van der Waals surface area (Å²) in [6.45, 7) is 9.89. The molecule has 1 aromatic rings. The normalized spacial score (nSPS) is 16.3. The van der Waals surface area contributed by atoms with Crippen LogP contribution in [0.1, 0.15) is 46.5 Å². The van der Waals surface area contributed by atoms with E-state index in [2.05, 4.69) is 4.90 Å². The van der Waals surface area contributed by atoms with Crippen LogP contribution in [0, 0.1) is 5.92 Å². The predicted molar refractivity (Wildman–Crippen MR) is 119 cm³/mol. The van der Waals surface area contributed by atoms with Crippen molar-refractivity contribution in [3.05, 3.63) is 24.3 Å². The van der Waals surface area contributed by atoms with E-state index in [1.165, 1.54) is 12.7 Å². The van der Waals surface area contributed by atoms with E-state index in [0.29, 0.717) is 30.6 Å². The van der Waals surface area contributed by atoms with Gasteiger partial charge >= 0.3 is 8.80 Å². The van der Waals surface area contributed by atoms with Crippen LogP contribution >= 0.6 is 0 Å². The van der Waals surface area contributed by atoms with E-state index < -0.39 is 18.6 Å². The Morgan fingerprint density at radius 1 is 0.966 bits per heavy atom. The Morgan fingerprint density at radius 2 is 1.48 bits per heavy atom. The summed E-state index contributed by atoms with van der Waals surface area (Å²) in [7, 11) is -5.67. The minimum atomic E-state index is -3.14. The van der Waals surface area contributed by atoms with Crippen molar-refractivity contribution in [2.45, 2.75) is 57.4 Å². The van der Waals surface area contributed by atoms with Crippen molar-refractivity contribution in [3.8, 4) is 0 Å². The minimum absolute atomic E-state index is 0.377. The lowest BCUT2D eigenvalue weighted by molar-refractivity contribution is 0.0702. The molecular weight excluding hydrogens is 406 g/mol. The Hall–Kier alpha value is -0.933. The maximum atomic E-state index is 11.6. The van der Waals surface area contributed by atoms with Crippen molar-refractivity contribution in [3.63, 3.8) is 0 Å². The molecule has 1 fully saturated rings. The molecule has 0 amide bonds. The molecule has 1 aliphatic rings. The van der Waals surface area contributed by atoms with Gasteiger partial charge in [-0.05, 0) is 70.2 Å². The minimum Gasteiger partial charge on any atom is -0.374 e. The summed E-state index contributed by atoms with van der Waals surface area (Å²) in [5.41, 5.74) is 1.10. The van der Waals surface area contributed by atoms with E-state index in [0.717, 1.165) is 44.1 Å². The first-order valence-electron chi connectivity index (χ1n) is 10.8. The summed E-state index contributed by atoms with van der Waals surface area (Å²) in [6.07, 6.45) is 5.79. The third kappa shape index (κ3) is 7.36. The molecule has 0 unspecified atom stereocenters. The second kappa shape index (κ2) is 11.5. The van der Waals surface area contributed by atoms with Crippen molar-refractivity contribution in [2.24, 2.45) is 5.92 Å². The van der Waals surface area contributed by atoms with Crippen molar-refractivity contribution in [1.29, 1.82) is 0 Å². The highest BCUT2D eigenvalue weighted by Crippen LogP contribution is 2.29. The number of sulfone groups is 1. The first-order chi connectivity index (χ1) is 13.8. The van der Waals surface area contributed by atoms with Crippen LogP contribution < -0.4 is 4.90 Å². The Labute approximate surface area is 177 Å². The van der Waals surface area contributed by atoms with E-state index in [-0.39, 0.29) is 0 Å². The van der Waals surface area contributed by atoms with Crippen LogP contribution in [-0.4, -0.2) is 56.4 Å². The quantitative estimate of drug-likeness (QED) is 0.453. The van der Waals surface area contributed by atoms with Gasteiger partial charge in [0, 0.05) is 50.9 Å². The van der Waals surface area contributed by atoms with Crippen molar-refractivity contribution >= 4 is 24.3 Å². The third-order valence-electron chi connectivity index (χ3n) is 5.43. The molecule has 29 heavy (non-hydrogen) atoms. The Balaban J connectivity index is 1.82. The summed E-state index contributed by atoms with van der Waals surface area (Å²) >= 11 is 0. The smallest absolute Gasteiger partial charge is 0.374 e. The van der Waals surface area contributed by atoms with E-state index >= 15 is 0 Å². The lowest BCUT2D eigenvalue weighted by Crippen LogP contribution is -2.46. The zero-order chi connectivity index (χ0) is 21.3. The van der Waals surface area contributed by atoms with Crippen LogP contribution in [0.5, 0.6) is 0 Å². The third-order valence-corrected chi connectivity index (χ3v) is 9.71. The number of anilines is 1. The van der Waals surface area contributed by atoms with Crippen molar-refractivity contribution in [1.82, 2.24) is 0 Å². The second-order valence-corrected chi connectivity index (χ2v) is 12.3. The van der Waals surface area contributed by atoms with Gasteiger partial charge in [-0.2, -0.15) is 0 Å². The molecule has 0 aromatic heterocycles. The van der Waals surface area contributed by atoms with Crippen LogP contribution in [0.15, 0.2) is 29.2 Å². The number of rotatable bonds is 12. The molecule has 166 valence electrons. The fourth-order valence-electron chi connectivity index (χ4n) is 3.99. The number of hydrogen-bond donors (Lipinski definition) is 0. The van der Waals surface area contributed by atoms with Crippen molar-refractivity contribution < 1.29 is 21.7 Å². The van der Waals surface area contributed by atoms with Gasteiger partial charge in [0.2, 0.25) is 0 Å². The molecule has 0 radical (unpaired) electrons. The molecule has 0 spiro atoms. The monoisotopic (exact) mass is 443 g/mol. The Morgan fingerprint density at radius 3 is 1.93 bits per heavy atom. The zero-order valence-corrected chi connectivity index (χ0v) is 20.2. The molecule has 2 rings (SSSR count). The fourth-order valence-corrected chi connectivity index (χ4v) is 7.26. The Kier molecular flexibility index (Phi) is 9.61. The molecule has 6 nitrogen and oxygen atoms in total. The van der Waals surface area contributed by atoms with Gasteiger partial charge in [-0.3, -0.25) is 0 Å². The zero-order valence-electron chi connectivity index (χ0n) is 18.4. The number of nitrogens with zero attached hydrogens (tertiary/aromatic N) is 1. The molecule has 1 aromatic carbocycles. The molecule has 1 aliphatic heterocycles. The maximum Gasteiger partial charge on any atom is 0.500 e. The average Bonchev–Trinajstić information content (AvgIpc) is 2.69.